The molecule has 0 heterocycles. The highest BCUT2D eigenvalue weighted by atomic mass is 16.2. The van der Waals surface area contributed by atoms with Crippen molar-refractivity contribution in [2.24, 2.45) is 11.3 Å². The second-order valence-corrected chi connectivity index (χ2v) is 6.66. The number of hydrogen-bond donors (Lipinski definition) is 0. The molecule has 0 saturated carbocycles. The van der Waals surface area contributed by atoms with Gasteiger partial charge in [-0.1, -0.05) is 27.7 Å². The Bertz CT molecular complexity index is 297. The van der Waals surface area contributed by atoms with Crippen LogP contribution in [0.4, 0.5) is 0 Å². The summed E-state index contributed by atoms with van der Waals surface area (Å²) in [6.45, 7) is 13.3. The van der Waals surface area contributed by atoms with E-state index in [4.69, 9.17) is 5.26 Å². The molecule has 1 amide bonds. The molecule has 0 aromatic heterocycles. The van der Waals surface area contributed by atoms with Gasteiger partial charge in [-0.2, -0.15) is 5.26 Å². The average molecular weight is 252 g/mol. The van der Waals surface area contributed by atoms with Crippen LogP contribution in [0.2, 0.25) is 0 Å². The number of carbonyl (C=O) groups is 1. The lowest BCUT2D eigenvalue weighted by atomic mass is 9.84. The van der Waals surface area contributed by atoms with Gasteiger partial charge in [-0.3, -0.25) is 4.79 Å². The molecule has 0 fully saturated rings. The van der Waals surface area contributed by atoms with Gasteiger partial charge in [-0.15, -0.1) is 0 Å². The molecule has 0 aromatic carbocycles. The highest BCUT2D eigenvalue weighted by Crippen LogP contribution is 2.26. The van der Waals surface area contributed by atoms with Crippen molar-refractivity contribution in [3.05, 3.63) is 0 Å². The van der Waals surface area contributed by atoms with E-state index in [0.29, 0.717) is 25.3 Å². The lowest BCUT2D eigenvalue weighted by molar-refractivity contribution is -0.133. The van der Waals surface area contributed by atoms with E-state index in [2.05, 4.69) is 33.8 Å². The van der Waals surface area contributed by atoms with E-state index in [1.54, 1.807) is 0 Å². The van der Waals surface area contributed by atoms with Crippen LogP contribution in [0.15, 0.2) is 0 Å². The largest absolute Gasteiger partial charge is 0.339 e. The molecule has 0 N–H and O–H groups in total. The van der Waals surface area contributed by atoms with E-state index < -0.39 is 0 Å². The van der Waals surface area contributed by atoms with Gasteiger partial charge in [0.1, 0.15) is 0 Å². The summed E-state index contributed by atoms with van der Waals surface area (Å²) in [6.07, 6.45) is 2.04. The van der Waals surface area contributed by atoms with Crippen molar-refractivity contribution in [2.75, 3.05) is 6.54 Å². The Morgan fingerprint density at radius 3 is 2.22 bits per heavy atom. The molecular weight excluding hydrogens is 224 g/mol. The monoisotopic (exact) mass is 252 g/mol. The average Bonchev–Trinajstić information content (AvgIpc) is 2.14. The van der Waals surface area contributed by atoms with E-state index in [0.717, 1.165) is 6.42 Å². The Morgan fingerprint density at radius 1 is 1.28 bits per heavy atom. The zero-order valence-electron chi connectivity index (χ0n) is 12.8. The summed E-state index contributed by atoms with van der Waals surface area (Å²) in [5.74, 6) is 0.567. The molecule has 1 unspecified atom stereocenters. The van der Waals surface area contributed by atoms with Crippen molar-refractivity contribution in [2.45, 2.75) is 66.8 Å². The van der Waals surface area contributed by atoms with Gasteiger partial charge in [0, 0.05) is 19.0 Å². The summed E-state index contributed by atoms with van der Waals surface area (Å²) in [6, 6.07) is 2.28. The first-order valence-corrected chi connectivity index (χ1v) is 6.83. The Labute approximate surface area is 112 Å². The van der Waals surface area contributed by atoms with Crippen molar-refractivity contribution in [3.8, 4) is 6.07 Å². The van der Waals surface area contributed by atoms with Gasteiger partial charge in [0.15, 0.2) is 0 Å². The Morgan fingerprint density at radius 2 is 1.83 bits per heavy atom. The fourth-order valence-corrected chi connectivity index (χ4v) is 2.37. The van der Waals surface area contributed by atoms with Gasteiger partial charge in [0.2, 0.25) is 5.91 Å². The van der Waals surface area contributed by atoms with Gasteiger partial charge in [0.25, 0.3) is 0 Å². The predicted molar refractivity (Wildman–Crippen MR) is 74.9 cm³/mol. The molecule has 104 valence electrons. The Kier molecular flexibility index (Phi) is 6.98. The van der Waals surface area contributed by atoms with Gasteiger partial charge in [0.05, 0.1) is 12.5 Å². The Hall–Kier alpha value is -1.04. The van der Waals surface area contributed by atoms with Crippen LogP contribution >= 0.6 is 0 Å². The molecule has 0 spiro atoms. The maximum atomic E-state index is 12.2. The van der Waals surface area contributed by atoms with Crippen LogP contribution in [-0.4, -0.2) is 23.4 Å². The summed E-state index contributed by atoms with van der Waals surface area (Å²) in [7, 11) is 0. The standard InChI is InChI=1S/C15H28N2O/c1-12(2)17(9-7-8-16)14(18)10-13(3)11-15(4,5)6/h12-13H,7,9-11H2,1-6H3. The molecule has 0 aliphatic rings. The van der Waals surface area contributed by atoms with Crippen LogP contribution in [0.5, 0.6) is 0 Å². The number of nitriles is 1. The molecule has 3 nitrogen and oxygen atoms in total. The van der Waals surface area contributed by atoms with Crippen LogP contribution in [-0.2, 0) is 4.79 Å². The van der Waals surface area contributed by atoms with Gasteiger partial charge in [-0.25, -0.2) is 0 Å². The van der Waals surface area contributed by atoms with E-state index in [1.165, 1.54) is 0 Å². The molecule has 0 rings (SSSR count). The summed E-state index contributed by atoms with van der Waals surface area (Å²) < 4.78 is 0. The fraction of sp³-hybridized carbons (Fsp3) is 0.867. The quantitative estimate of drug-likeness (QED) is 0.725. The Balaban J connectivity index is 4.38. The van der Waals surface area contributed by atoms with E-state index >= 15 is 0 Å². The second-order valence-electron chi connectivity index (χ2n) is 6.66. The lowest BCUT2D eigenvalue weighted by Gasteiger charge is -2.29. The maximum absolute atomic E-state index is 12.2. The molecule has 0 aliphatic heterocycles. The highest BCUT2D eigenvalue weighted by Gasteiger charge is 2.22. The maximum Gasteiger partial charge on any atom is 0.223 e. The van der Waals surface area contributed by atoms with Crippen LogP contribution < -0.4 is 0 Å². The van der Waals surface area contributed by atoms with Crippen molar-refractivity contribution in [1.29, 1.82) is 5.26 Å². The lowest BCUT2D eigenvalue weighted by Crippen LogP contribution is -2.38. The number of rotatable bonds is 6. The SMILES string of the molecule is CC(CC(=O)N(CCC#N)C(C)C)CC(C)(C)C. The van der Waals surface area contributed by atoms with Crippen LogP contribution in [0.25, 0.3) is 0 Å². The number of hydrogen-bond acceptors (Lipinski definition) is 2. The molecule has 0 bridgehead atoms. The third-order valence-electron chi connectivity index (χ3n) is 2.89. The molecule has 0 saturated heterocycles. The normalized spacial score (nSPS) is 13.2. The van der Waals surface area contributed by atoms with Crippen LogP contribution in [0.3, 0.4) is 0 Å². The van der Waals surface area contributed by atoms with Crippen molar-refractivity contribution in [1.82, 2.24) is 4.90 Å². The minimum atomic E-state index is 0.174. The van der Waals surface area contributed by atoms with Crippen LogP contribution in [0.1, 0.15) is 60.8 Å². The minimum absolute atomic E-state index is 0.174. The number of nitrogens with zero attached hydrogens (tertiary/aromatic N) is 2. The molecule has 3 heteroatoms. The highest BCUT2D eigenvalue weighted by molar-refractivity contribution is 5.76. The first kappa shape index (κ1) is 17.0. The zero-order chi connectivity index (χ0) is 14.3. The third kappa shape index (κ3) is 7.32. The van der Waals surface area contributed by atoms with Crippen molar-refractivity contribution >= 4 is 5.91 Å². The summed E-state index contributed by atoms with van der Waals surface area (Å²) >= 11 is 0. The van der Waals surface area contributed by atoms with E-state index in [1.807, 2.05) is 18.7 Å². The summed E-state index contributed by atoms with van der Waals surface area (Å²) in [5.41, 5.74) is 0.259. The zero-order valence-corrected chi connectivity index (χ0v) is 12.8. The predicted octanol–water partition coefficient (Wildman–Crippen LogP) is 3.60. The minimum Gasteiger partial charge on any atom is -0.339 e. The first-order valence-electron chi connectivity index (χ1n) is 6.83. The molecule has 0 aliphatic carbocycles. The van der Waals surface area contributed by atoms with Gasteiger partial charge < -0.3 is 4.90 Å². The second kappa shape index (κ2) is 7.41. The smallest absolute Gasteiger partial charge is 0.223 e. The van der Waals surface area contributed by atoms with E-state index in [-0.39, 0.29) is 17.4 Å². The van der Waals surface area contributed by atoms with Gasteiger partial charge >= 0.3 is 0 Å². The molecule has 1 atom stereocenters. The van der Waals surface area contributed by atoms with Crippen molar-refractivity contribution < 1.29 is 4.79 Å². The molecular formula is C15H28N2O. The molecule has 0 radical (unpaired) electrons. The topological polar surface area (TPSA) is 44.1 Å². The van der Waals surface area contributed by atoms with Gasteiger partial charge in [-0.05, 0) is 31.6 Å². The molecule has 0 aromatic rings. The van der Waals surface area contributed by atoms with Crippen molar-refractivity contribution in [3.63, 3.8) is 0 Å². The fourth-order valence-electron chi connectivity index (χ4n) is 2.37. The first-order chi connectivity index (χ1) is 8.17. The number of amides is 1. The van der Waals surface area contributed by atoms with Crippen LogP contribution in [0, 0.1) is 22.7 Å². The summed E-state index contributed by atoms with van der Waals surface area (Å²) in [4.78, 5) is 14.0. The number of carbonyl (C=O) groups excluding carboxylic acids is 1. The summed E-state index contributed by atoms with van der Waals surface area (Å²) in [5, 5.41) is 8.63. The van der Waals surface area contributed by atoms with E-state index in [9.17, 15) is 4.79 Å². The third-order valence-corrected chi connectivity index (χ3v) is 2.89. The molecule has 18 heavy (non-hydrogen) atoms.